The zero-order valence-electron chi connectivity index (χ0n) is 13.1. The third-order valence-electron chi connectivity index (χ3n) is 3.34. The van der Waals surface area contributed by atoms with Crippen molar-refractivity contribution >= 4 is 45.2 Å². The Kier molecular flexibility index (Phi) is 5.63. The molecule has 1 N–H and O–H groups in total. The Labute approximate surface area is 158 Å². The van der Waals surface area contributed by atoms with Crippen LogP contribution in [0.25, 0.3) is 6.08 Å². The van der Waals surface area contributed by atoms with E-state index < -0.39 is 0 Å². The van der Waals surface area contributed by atoms with Crippen molar-refractivity contribution in [2.24, 2.45) is 0 Å². The van der Waals surface area contributed by atoms with Crippen molar-refractivity contribution in [2.45, 2.75) is 6.54 Å². The highest BCUT2D eigenvalue weighted by molar-refractivity contribution is 9.10. The van der Waals surface area contributed by atoms with Crippen LogP contribution in [-0.4, -0.2) is 20.9 Å². The van der Waals surface area contributed by atoms with Gasteiger partial charge in [-0.2, -0.15) is 0 Å². The number of hydrogen-bond donors (Lipinski definition) is 1. The minimum Gasteiger partial charge on any atom is -0.321 e. The van der Waals surface area contributed by atoms with Crippen molar-refractivity contribution in [3.05, 3.63) is 81.6 Å². The van der Waals surface area contributed by atoms with Gasteiger partial charge in [0.05, 0.1) is 23.5 Å². The van der Waals surface area contributed by atoms with Gasteiger partial charge in [0.25, 0.3) is 0 Å². The fourth-order valence-corrected chi connectivity index (χ4v) is 2.88. The highest BCUT2D eigenvalue weighted by Crippen LogP contribution is 2.25. The second-order valence-electron chi connectivity index (χ2n) is 5.27. The van der Waals surface area contributed by atoms with Gasteiger partial charge >= 0.3 is 0 Å². The van der Waals surface area contributed by atoms with Crippen molar-refractivity contribution in [1.82, 2.24) is 15.0 Å². The number of nitrogens with one attached hydrogen (secondary N) is 1. The molecule has 0 radical (unpaired) electrons. The largest absolute Gasteiger partial charge is 0.321 e. The van der Waals surface area contributed by atoms with Crippen LogP contribution in [-0.2, 0) is 11.3 Å². The van der Waals surface area contributed by atoms with Crippen LogP contribution in [0.15, 0.2) is 65.3 Å². The van der Waals surface area contributed by atoms with Crippen molar-refractivity contribution in [3.8, 4) is 0 Å². The number of amides is 1. The highest BCUT2D eigenvalue weighted by Gasteiger charge is 2.04. The molecule has 0 atom stereocenters. The first-order chi connectivity index (χ1) is 12.1. The number of hydrogen-bond acceptors (Lipinski definition) is 3. The third-order valence-corrected chi connectivity index (χ3v) is 4.14. The van der Waals surface area contributed by atoms with E-state index in [4.69, 9.17) is 11.6 Å². The van der Waals surface area contributed by atoms with Crippen LogP contribution in [0.1, 0.15) is 11.3 Å². The molecular weight excluding hydrogens is 404 g/mol. The maximum atomic E-state index is 12.0. The minimum absolute atomic E-state index is 0.290. The second kappa shape index (κ2) is 8.09. The molecule has 3 rings (SSSR count). The summed E-state index contributed by atoms with van der Waals surface area (Å²) in [5.74, 6) is -0.290. The predicted octanol–water partition coefficient (Wildman–Crippen LogP) is 4.39. The number of carbonyl (C=O) groups excluding carboxylic acids is 1. The summed E-state index contributed by atoms with van der Waals surface area (Å²) in [6.45, 7) is 0.627. The van der Waals surface area contributed by atoms with Crippen molar-refractivity contribution in [1.29, 1.82) is 0 Å². The molecule has 0 saturated carbocycles. The van der Waals surface area contributed by atoms with Crippen molar-refractivity contribution < 1.29 is 4.79 Å². The predicted molar refractivity (Wildman–Crippen MR) is 102 cm³/mol. The van der Waals surface area contributed by atoms with E-state index in [9.17, 15) is 4.79 Å². The van der Waals surface area contributed by atoms with Gasteiger partial charge in [-0.15, -0.1) is 5.10 Å². The summed E-state index contributed by atoms with van der Waals surface area (Å²) in [5.41, 5.74) is 2.28. The summed E-state index contributed by atoms with van der Waals surface area (Å²) in [7, 11) is 0. The van der Waals surface area contributed by atoms with Gasteiger partial charge < -0.3 is 5.32 Å². The lowest BCUT2D eigenvalue weighted by molar-refractivity contribution is -0.111. The topological polar surface area (TPSA) is 59.8 Å². The lowest BCUT2D eigenvalue weighted by atomic mass is 10.2. The first kappa shape index (κ1) is 17.4. The summed E-state index contributed by atoms with van der Waals surface area (Å²) in [4.78, 5) is 12.0. The Bertz CT molecular complexity index is 908. The molecule has 1 amide bonds. The van der Waals surface area contributed by atoms with Crippen LogP contribution in [0, 0.1) is 0 Å². The molecule has 3 aromatic rings. The van der Waals surface area contributed by atoms with E-state index in [0.717, 1.165) is 10.0 Å². The van der Waals surface area contributed by atoms with Gasteiger partial charge in [-0.3, -0.25) is 4.79 Å². The number of benzene rings is 2. The Morgan fingerprint density at radius 2 is 2.04 bits per heavy atom. The Morgan fingerprint density at radius 1 is 1.24 bits per heavy atom. The maximum Gasteiger partial charge on any atom is 0.248 e. The number of nitrogens with zero attached hydrogens (tertiary/aromatic N) is 3. The van der Waals surface area contributed by atoms with E-state index in [1.807, 2.05) is 30.3 Å². The van der Waals surface area contributed by atoms with Crippen LogP contribution >= 0.6 is 27.5 Å². The van der Waals surface area contributed by atoms with Crippen LogP contribution in [0.4, 0.5) is 5.69 Å². The molecule has 7 heteroatoms. The normalized spacial score (nSPS) is 11.0. The van der Waals surface area contributed by atoms with Gasteiger partial charge in [0.2, 0.25) is 5.91 Å². The SMILES string of the molecule is O=C(/C=C/c1cn(Cc2ccccc2)nn1)Nc1ccc(Br)cc1Cl. The molecule has 0 saturated heterocycles. The van der Waals surface area contributed by atoms with E-state index in [1.54, 1.807) is 35.2 Å². The summed E-state index contributed by atoms with van der Waals surface area (Å²) >= 11 is 9.40. The number of aromatic nitrogens is 3. The van der Waals surface area contributed by atoms with E-state index in [0.29, 0.717) is 22.9 Å². The standard InChI is InChI=1S/C18H14BrClN4O/c19-14-6-8-17(16(20)10-14)21-18(25)9-7-15-12-24(23-22-15)11-13-4-2-1-3-5-13/h1-10,12H,11H2,(H,21,25)/b9-7+. The molecule has 1 heterocycles. The average Bonchev–Trinajstić information content (AvgIpc) is 3.04. The zero-order valence-corrected chi connectivity index (χ0v) is 15.4. The van der Waals surface area contributed by atoms with Crippen LogP contribution in [0.2, 0.25) is 5.02 Å². The molecule has 0 unspecified atom stereocenters. The van der Waals surface area contributed by atoms with Crippen molar-refractivity contribution in [3.63, 3.8) is 0 Å². The van der Waals surface area contributed by atoms with E-state index in [2.05, 4.69) is 31.6 Å². The fraction of sp³-hybridized carbons (Fsp3) is 0.0556. The van der Waals surface area contributed by atoms with Gasteiger partial charge in [0.1, 0.15) is 5.69 Å². The number of anilines is 1. The molecule has 0 aliphatic carbocycles. The average molecular weight is 418 g/mol. The second-order valence-corrected chi connectivity index (χ2v) is 6.60. The van der Waals surface area contributed by atoms with Crippen LogP contribution < -0.4 is 5.32 Å². The summed E-state index contributed by atoms with van der Waals surface area (Å²) in [5, 5.41) is 11.3. The van der Waals surface area contributed by atoms with Gasteiger partial charge in [-0.05, 0) is 29.8 Å². The molecule has 5 nitrogen and oxygen atoms in total. The number of carbonyl (C=O) groups is 1. The molecule has 126 valence electrons. The molecule has 2 aromatic carbocycles. The van der Waals surface area contributed by atoms with Gasteiger partial charge in [0, 0.05) is 10.5 Å². The summed E-state index contributed by atoms with van der Waals surface area (Å²) < 4.78 is 2.57. The van der Waals surface area contributed by atoms with E-state index in [-0.39, 0.29) is 5.91 Å². The Balaban J connectivity index is 1.61. The molecule has 0 bridgehead atoms. The molecule has 0 aliphatic heterocycles. The monoisotopic (exact) mass is 416 g/mol. The summed E-state index contributed by atoms with van der Waals surface area (Å²) in [6.07, 6.45) is 4.79. The van der Waals surface area contributed by atoms with E-state index in [1.165, 1.54) is 6.08 Å². The molecule has 0 aliphatic rings. The zero-order chi connectivity index (χ0) is 17.6. The summed E-state index contributed by atoms with van der Waals surface area (Å²) in [6, 6.07) is 15.2. The lowest BCUT2D eigenvalue weighted by Gasteiger charge is -2.04. The molecule has 0 spiro atoms. The number of rotatable bonds is 5. The Morgan fingerprint density at radius 3 is 2.80 bits per heavy atom. The van der Waals surface area contributed by atoms with Gasteiger partial charge in [-0.25, -0.2) is 4.68 Å². The highest BCUT2D eigenvalue weighted by atomic mass is 79.9. The van der Waals surface area contributed by atoms with Gasteiger partial charge in [0.15, 0.2) is 0 Å². The van der Waals surface area contributed by atoms with Crippen molar-refractivity contribution in [2.75, 3.05) is 5.32 Å². The lowest BCUT2D eigenvalue weighted by Crippen LogP contribution is -2.08. The minimum atomic E-state index is -0.290. The van der Waals surface area contributed by atoms with Crippen LogP contribution in [0.3, 0.4) is 0 Å². The third kappa shape index (κ3) is 5.01. The molecular formula is C18H14BrClN4O. The fourth-order valence-electron chi connectivity index (χ4n) is 2.16. The van der Waals surface area contributed by atoms with Gasteiger partial charge in [-0.1, -0.05) is 63.1 Å². The number of halogens is 2. The molecule has 0 fully saturated rings. The molecule has 1 aromatic heterocycles. The molecule has 25 heavy (non-hydrogen) atoms. The maximum absolute atomic E-state index is 12.0. The van der Waals surface area contributed by atoms with E-state index >= 15 is 0 Å². The Hall–Kier alpha value is -2.44. The quantitative estimate of drug-likeness (QED) is 0.626. The first-order valence-corrected chi connectivity index (χ1v) is 8.65. The van der Waals surface area contributed by atoms with Crippen LogP contribution in [0.5, 0.6) is 0 Å². The smallest absolute Gasteiger partial charge is 0.248 e. The first-order valence-electron chi connectivity index (χ1n) is 7.48.